The first kappa shape index (κ1) is 18.1. The van der Waals surface area contributed by atoms with E-state index in [1.807, 2.05) is 4.90 Å². The molecule has 0 bridgehead atoms. The average molecular weight is 367 g/mol. The fourth-order valence-electron chi connectivity index (χ4n) is 4.58. The number of rotatable bonds is 3. The molecule has 2 aliphatic rings. The fourth-order valence-corrected chi connectivity index (χ4v) is 4.58. The van der Waals surface area contributed by atoms with Gasteiger partial charge in [-0.25, -0.2) is 0 Å². The van der Waals surface area contributed by atoms with Gasteiger partial charge in [-0.3, -0.25) is 4.79 Å². The van der Waals surface area contributed by atoms with Crippen molar-refractivity contribution in [3.05, 3.63) is 35.2 Å². The molecule has 2 fully saturated rings. The number of tetrazole rings is 1. The zero-order chi connectivity index (χ0) is 18.8. The van der Waals surface area contributed by atoms with E-state index in [1.165, 1.54) is 30.4 Å². The number of likely N-dealkylation sites (tertiary alicyclic amines) is 1. The van der Waals surface area contributed by atoms with Gasteiger partial charge in [0, 0.05) is 12.5 Å². The molecule has 27 heavy (non-hydrogen) atoms. The topological polar surface area (TPSA) is 63.9 Å². The van der Waals surface area contributed by atoms with Crippen LogP contribution in [0.1, 0.15) is 74.4 Å². The van der Waals surface area contributed by atoms with Crippen LogP contribution in [0.15, 0.2) is 18.2 Å². The minimum absolute atomic E-state index is 0.0344. The minimum Gasteiger partial charge on any atom is -0.332 e. The smallest absolute Gasteiger partial charge is 0.226 e. The molecule has 0 N–H and O–H groups in total. The summed E-state index contributed by atoms with van der Waals surface area (Å²) in [5, 5.41) is 13.3. The minimum atomic E-state index is -0.0344. The molecule has 1 aliphatic heterocycles. The summed E-state index contributed by atoms with van der Waals surface area (Å²) in [6, 6.07) is 6.22. The number of carbonyl (C=O) groups is 1. The Bertz CT molecular complexity index is 788. The second-order valence-corrected chi connectivity index (χ2v) is 8.16. The number of nitrogens with zero attached hydrogens (tertiary/aromatic N) is 5. The van der Waals surface area contributed by atoms with Gasteiger partial charge in [0.25, 0.3) is 0 Å². The van der Waals surface area contributed by atoms with Crippen LogP contribution in [0.5, 0.6) is 0 Å². The summed E-state index contributed by atoms with van der Waals surface area (Å²) in [5.74, 6) is 1.17. The Hall–Kier alpha value is -2.24. The molecule has 2 heterocycles. The van der Waals surface area contributed by atoms with Crippen molar-refractivity contribution in [1.82, 2.24) is 25.1 Å². The normalized spacial score (nSPS) is 21.4. The second kappa shape index (κ2) is 7.79. The quantitative estimate of drug-likeness (QED) is 0.825. The van der Waals surface area contributed by atoms with Gasteiger partial charge in [-0.1, -0.05) is 25.3 Å². The van der Waals surface area contributed by atoms with Gasteiger partial charge in [-0.05, 0) is 74.4 Å². The zero-order valence-electron chi connectivity index (χ0n) is 16.4. The summed E-state index contributed by atoms with van der Waals surface area (Å²) in [5.41, 5.74) is 3.28. The molecule has 0 radical (unpaired) electrons. The number of hydrogen-bond acceptors (Lipinski definition) is 4. The summed E-state index contributed by atoms with van der Waals surface area (Å²) in [4.78, 5) is 16.8. The van der Waals surface area contributed by atoms with Crippen LogP contribution in [0.25, 0.3) is 5.69 Å². The lowest BCUT2D eigenvalue weighted by Crippen LogP contribution is -2.42. The molecule has 1 atom stereocenters. The van der Waals surface area contributed by atoms with E-state index >= 15 is 0 Å². The van der Waals surface area contributed by atoms with Crippen LogP contribution >= 0.6 is 0 Å². The highest BCUT2D eigenvalue weighted by atomic mass is 16.2. The van der Waals surface area contributed by atoms with Crippen molar-refractivity contribution < 1.29 is 4.79 Å². The molecular weight excluding hydrogens is 338 g/mol. The van der Waals surface area contributed by atoms with E-state index in [0.29, 0.717) is 11.7 Å². The molecule has 0 spiro atoms. The van der Waals surface area contributed by atoms with Crippen LogP contribution in [0, 0.1) is 19.8 Å². The molecular formula is C21H29N5O. The van der Waals surface area contributed by atoms with E-state index in [-0.39, 0.29) is 12.0 Å². The maximum Gasteiger partial charge on any atom is 0.226 e. The molecule has 6 nitrogen and oxygen atoms in total. The fraction of sp³-hybridized carbons (Fsp3) is 0.619. The van der Waals surface area contributed by atoms with E-state index in [1.54, 1.807) is 4.80 Å². The SMILES string of the molecule is Cc1cc(C)cc(-n2nnc(C3CCCCN3C(=O)C3CCCCC3)n2)c1. The Kier molecular flexibility index (Phi) is 5.23. The number of amides is 1. The van der Waals surface area contributed by atoms with E-state index < -0.39 is 0 Å². The summed E-state index contributed by atoms with van der Waals surface area (Å²) in [7, 11) is 0. The standard InChI is InChI=1S/C21H29N5O/c1-15-12-16(2)14-18(13-15)26-23-20(22-24-26)19-10-6-7-11-25(19)21(27)17-8-4-3-5-9-17/h12-14,17,19H,3-11H2,1-2H3. The number of benzene rings is 1. The van der Waals surface area contributed by atoms with Crippen molar-refractivity contribution in [3.8, 4) is 5.69 Å². The van der Waals surface area contributed by atoms with Crippen LogP contribution < -0.4 is 0 Å². The molecule has 1 saturated carbocycles. The highest BCUT2D eigenvalue weighted by molar-refractivity contribution is 5.79. The Morgan fingerprint density at radius 2 is 1.67 bits per heavy atom. The average Bonchev–Trinajstić information content (AvgIpc) is 3.17. The van der Waals surface area contributed by atoms with Gasteiger partial charge in [0.1, 0.15) is 0 Å². The Balaban J connectivity index is 1.57. The third-order valence-corrected chi connectivity index (χ3v) is 5.90. The molecule has 1 aliphatic carbocycles. The van der Waals surface area contributed by atoms with Gasteiger partial charge in [0.05, 0.1) is 11.7 Å². The maximum atomic E-state index is 13.1. The van der Waals surface area contributed by atoms with Crippen molar-refractivity contribution in [2.75, 3.05) is 6.54 Å². The van der Waals surface area contributed by atoms with Gasteiger partial charge in [0.15, 0.2) is 5.82 Å². The monoisotopic (exact) mass is 367 g/mol. The molecule has 1 saturated heterocycles. The van der Waals surface area contributed by atoms with Gasteiger partial charge >= 0.3 is 0 Å². The molecule has 6 heteroatoms. The highest BCUT2D eigenvalue weighted by Crippen LogP contribution is 2.33. The predicted molar refractivity (Wildman–Crippen MR) is 104 cm³/mol. The lowest BCUT2D eigenvalue weighted by atomic mass is 9.87. The molecule has 4 rings (SSSR count). The first-order chi connectivity index (χ1) is 13.1. The van der Waals surface area contributed by atoms with Crippen molar-refractivity contribution >= 4 is 5.91 Å². The third kappa shape index (κ3) is 3.89. The summed E-state index contributed by atoms with van der Waals surface area (Å²) in [6.45, 7) is 4.96. The predicted octanol–water partition coefficient (Wildman–Crippen LogP) is 3.91. The number of hydrogen-bond donors (Lipinski definition) is 0. The zero-order valence-corrected chi connectivity index (χ0v) is 16.4. The van der Waals surface area contributed by atoms with E-state index in [2.05, 4.69) is 47.5 Å². The molecule has 1 amide bonds. The summed E-state index contributed by atoms with van der Waals surface area (Å²) < 4.78 is 0. The molecule has 1 unspecified atom stereocenters. The first-order valence-corrected chi connectivity index (χ1v) is 10.3. The van der Waals surface area contributed by atoms with Gasteiger partial charge < -0.3 is 4.90 Å². The van der Waals surface area contributed by atoms with E-state index in [0.717, 1.165) is 44.3 Å². The number of aryl methyl sites for hydroxylation is 2. The van der Waals surface area contributed by atoms with Crippen LogP contribution in [0.4, 0.5) is 0 Å². The Morgan fingerprint density at radius 3 is 2.41 bits per heavy atom. The third-order valence-electron chi connectivity index (χ3n) is 5.90. The van der Waals surface area contributed by atoms with Crippen LogP contribution in [-0.2, 0) is 4.79 Å². The number of carbonyl (C=O) groups excluding carboxylic acids is 1. The summed E-state index contributed by atoms with van der Waals surface area (Å²) in [6.07, 6.45) is 8.79. The Morgan fingerprint density at radius 1 is 0.963 bits per heavy atom. The molecule has 1 aromatic carbocycles. The van der Waals surface area contributed by atoms with Gasteiger partial charge in [0.2, 0.25) is 5.91 Å². The van der Waals surface area contributed by atoms with Crippen molar-refractivity contribution in [2.45, 2.75) is 71.3 Å². The molecule has 2 aromatic rings. The van der Waals surface area contributed by atoms with Gasteiger partial charge in [-0.15, -0.1) is 15.0 Å². The van der Waals surface area contributed by atoms with E-state index in [9.17, 15) is 4.79 Å². The van der Waals surface area contributed by atoms with E-state index in [4.69, 9.17) is 0 Å². The first-order valence-electron chi connectivity index (χ1n) is 10.3. The lowest BCUT2D eigenvalue weighted by molar-refractivity contribution is -0.140. The number of piperidine rings is 1. The maximum absolute atomic E-state index is 13.1. The summed E-state index contributed by atoms with van der Waals surface area (Å²) >= 11 is 0. The van der Waals surface area contributed by atoms with Crippen molar-refractivity contribution in [3.63, 3.8) is 0 Å². The number of aromatic nitrogens is 4. The van der Waals surface area contributed by atoms with Crippen molar-refractivity contribution in [1.29, 1.82) is 0 Å². The molecule has 144 valence electrons. The van der Waals surface area contributed by atoms with Crippen molar-refractivity contribution in [2.24, 2.45) is 5.92 Å². The van der Waals surface area contributed by atoms with Gasteiger partial charge in [-0.2, -0.15) is 0 Å². The Labute approximate surface area is 160 Å². The highest BCUT2D eigenvalue weighted by Gasteiger charge is 2.35. The molecule has 1 aromatic heterocycles. The second-order valence-electron chi connectivity index (χ2n) is 8.16. The van der Waals surface area contributed by atoms with Crippen LogP contribution in [0.2, 0.25) is 0 Å². The van der Waals surface area contributed by atoms with Crippen LogP contribution in [-0.4, -0.2) is 37.6 Å². The largest absolute Gasteiger partial charge is 0.332 e. The lowest BCUT2D eigenvalue weighted by Gasteiger charge is -2.37. The van der Waals surface area contributed by atoms with Crippen LogP contribution in [0.3, 0.4) is 0 Å².